The van der Waals surface area contributed by atoms with Crippen LogP contribution in [0.5, 0.6) is 0 Å². The van der Waals surface area contributed by atoms with Crippen LogP contribution in [0.2, 0.25) is 0 Å². The lowest BCUT2D eigenvalue weighted by atomic mass is 9.89. The minimum absolute atomic E-state index is 0.0551. The van der Waals surface area contributed by atoms with Crippen LogP contribution < -0.4 is 5.32 Å². The van der Waals surface area contributed by atoms with Crippen molar-refractivity contribution in [2.75, 3.05) is 0 Å². The molecule has 1 aliphatic carbocycles. The molecule has 22 heavy (non-hydrogen) atoms. The highest BCUT2D eigenvalue weighted by atomic mass is 16.5. The van der Waals surface area contributed by atoms with Gasteiger partial charge in [0.2, 0.25) is 11.7 Å². The topological polar surface area (TPSA) is 87.9 Å². The largest absolute Gasteiger partial charge is 0.449 e. The molecule has 1 N–H and O–H groups in total. The zero-order chi connectivity index (χ0) is 15.4. The van der Waals surface area contributed by atoms with Crippen molar-refractivity contribution in [1.82, 2.24) is 15.5 Å². The number of nitrogens with one attached hydrogen (secondary N) is 1. The van der Waals surface area contributed by atoms with E-state index < -0.39 is 0 Å². The summed E-state index contributed by atoms with van der Waals surface area (Å²) < 4.78 is 10.7. The van der Waals surface area contributed by atoms with E-state index in [4.69, 9.17) is 14.2 Å². The summed E-state index contributed by atoms with van der Waals surface area (Å²) in [6.07, 6.45) is 6.13. The highest BCUT2D eigenvalue weighted by Crippen LogP contribution is 2.31. The fraction of sp³-hybridized carbons (Fsp3) is 0.562. The Kier molecular flexibility index (Phi) is 4.54. The molecule has 2 aromatic rings. The summed E-state index contributed by atoms with van der Waals surface area (Å²) in [6.45, 7) is 2.50. The molecule has 1 aliphatic rings. The third-order valence-corrected chi connectivity index (χ3v) is 4.15. The van der Waals surface area contributed by atoms with Crippen molar-refractivity contribution < 1.29 is 8.94 Å². The van der Waals surface area contributed by atoms with Gasteiger partial charge in [-0.25, -0.2) is 0 Å². The van der Waals surface area contributed by atoms with Crippen molar-refractivity contribution in [3.63, 3.8) is 0 Å². The van der Waals surface area contributed by atoms with Crippen LogP contribution in [0.3, 0.4) is 0 Å². The summed E-state index contributed by atoms with van der Waals surface area (Å²) in [7, 11) is 0. The van der Waals surface area contributed by atoms with Crippen LogP contribution in [0.25, 0.3) is 0 Å². The van der Waals surface area contributed by atoms with E-state index in [0.29, 0.717) is 24.1 Å². The molecule has 116 valence electrons. The second kappa shape index (κ2) is 6.75. The average molecular weight is 300 g/mol. The van der Waals surface area contributed by atoms with Gasteiger partial charge in [-0.05, 0) is 31.9 Å². The Morgan fingerprint density at radius 3 is 2.91 bits per heavy atom. The minimum atomic E-state index is -0.0551. The molecule has 3 rings (SSSR count). The van der Waals surface area contributed by atoms with Crippen LogP contribution in [0.1, 0.15) is 74.2 Å². The van der Waals surface area contributed by atoms with E-state index in [1.807, 2.05) is 13.0 Å². The number of nitriles is 1. The lowest BCUT2D eigenvalue weighted by molar-refractivity contribution is 0.325. The molecule has 0 saturated heterocycles. The minimum Gasteiger partial charge on any atom is -0.449 e. The van der Waals surface area contributed by atoms with Gasteiger partial charge in [0.25, 0.3) is 0 Å². The van der Waals surface area contributed by atoms with Crippen molar-refractivity contribution in [2.24, 2.45) is 0 Å². The molecule has 0 spiro atoms. The summed E-state index contributed by atoms with van der Waals surface area (Å²) >= 11 is 0. The maximum atomic E-state index is 8.74. The predicted molar refractivity (Wildman–Crippen MR) is 78.8 cm³/mol. The van der Waals surface area contributed by atoms with Crippen LogP contribution >= 0.6 is 0 Å². The molecule has 1 fully saturated rings. The van der Waals surface area contributed by atoms with Gasteiger partial charge in [-0.15, -0.1) is 0 Å². The highest BCUT2D eigenvalue weighted by Gasteiger charge is 2.22. The Bertz CT molecular complexity index is 649. The van der Waals surface area contributed by atoms with Crippen LogP contribution in [-0.2, 0) is 6.54 Å². The first-order valence-corrected chi connectivity index (χ1v) is 7.82. The highest BCUT2D eigenvalue weighted by molar-refractivity contribution is 5.19. The zero-order valence-corrected chi connectivity index (χ0v) is 12.7. The third-order valence-electron chi connectivity index (χ3n) is 4.15. The van der Waals surface area contributed by atoms with Crippen molar-refractivity contribution in [3.8, 4) is 6.07 Å². The summed E-state index contributed by atoms with van der Waals surface area (Å²) in [5, 5.41) is 16.1. The van der Waals surface area contributed by atoms with E-state index in [-0.39, 0.29) is 6.04 Å². The molecule has 1 unspecified atom stereocenters. The number of hydrogen-bond acceptors (Lipinski definition) is 6. The second-order valence-electron chi connectivity index (χ2n) is 5.81. The first-order chi connectivity index (χ1) is 10.8. The van der Waals surface area contributed by atoms with Crippen LogP contribution in [0.15, 0.2) is 21.1 Å². The standard InChI is InChI=1S/C16H20N4O2/c1-11(18-10-14-8-7-13(9-17)21-14)16-19-15(20-22-16)12-5-3-2-4-6-12/h7-8,11-12,18H,2-6,10H2,1H3. The maximum Gasteiger partial charge on any atom is 0.243 e. The van der Waals surface area contributed by atoms with Crippen LogP contribution in [0, 0.1) is 11.3 Å². The third kappa shape index (κ3) is 3.37. The van der Waals surface area contributed by atoms with E-state index in [1.165, 1.54) is 19.3 Å². The van der Waals surface area contributed by atoms with E-state index in [2.05, 4.69) is 15.5 Å². The van der Waals surface area contributed by atoms with Gasteiger partial charge in [-0.2, -0.15) is 10.2 Å². The van der Waals surface area contributed by atoms with Gasteiger partial charge in [0.15, 0.2) is 5.82 Å². The molecule has 2 heterocycles. The van der Waals surface area contributed by atoms with Gasteiger partial charge in [0, 0.05) is 5.92 Å². The van der Waals surface area contributed by atoms with Gasteiger partial charge in [0.1, 0.15) is 11.8 Å². The molecule has 0 bridgehead atoms. The number of aromatic nitrogens is 2. The Balaban J connectivity index is 1.56. The smallest absolute Gasteiger partial charge is 0.243 e. The first-order valence-electron chi connectivity index (χ1n) is 7.82. The first kappa shape index (κ1) is 14.8. The summed E-state index contributed by atoms with van der Waals surface area (Å²) in [5.74, 6) is 2.93. The summed E-state index contributed by atoms with van der Waals surface area (Å²) in [4.78, 5) is 4.54. The molecular weight excluding hydrogens is 280 g/mol. The average Bonchev–Trinajstić information content (AvgIpc) is 3.22. The molecule has 0 radical (unpaired) electrons. The van der Waals surface area contributed by atoms with E-state index >= 15 is 0 Å². The monoisotopic (exact) mass is 300 g/mol. The number of furan rings is 1. The fourth-order valence-electron chi connectivity index (χ4n) is 2.82. The van der Waals surface area contributed by atoms with E-state index in [9.17, 15) is 0 Å². The lowest BCUT2D eigenvalue weighted by Crippen LogP contribution is -2.18. The molecule has 1 atom stereocenters. The molecule has 0 aromatic carbocycles. The van der Waals surface area contributed by atoms with E-state index in [0.717, 1.165) is 24.4 Å². The van der Waals surface area contributed by atoms with Crippen LogP contribution in [0.4, 0.5) is 0 Å². The SMILES string of the molecule is CC(NCc1ccc(C#N)o1)c1nc(C2CCCCC2)no1. The predicted octanol–water partition coefficient (Wildman–Crippen LogP) is 3.43. The molecular formula is C16H20N4O2. The van der Waals surface area contributed by atoms with Crippen molar-refractivity contribution in [2.45, 2.75) is 57.5 Å². The fourth-order valence-corrected chi connectivity index (χ4v) is 2.82. The number of rotatable bonds is 5. The van der Waals surface area contributed by atoms with Crippen molar-refractivity contribution in [3.05, 3.63) is 35.4 Å². The second-order valence-corrected chi connectivity index (χ2v) is 5.81. The normalized spacial score (nSPS) is 17.3. The Labute approximate surface area is 129 Å². The Morgan fingerprint density at radius 2 is 2.18 bits per heavy atom. The molecule has 0 aliphatic heterocycles. The Hall–Kier alpha value is -2.13. The van der Waals surface area contributed by atoms with Gasteiger partial charge >= 0.3 is 0 Å². The zero-order valence-electron chi connectivity index (χ0n) is 12.7. The molecule has 6 nitrogen and oxygen atoms in total. The van der Waals surface area contributed by atoms with Gasteiger partial charge in [-0.3, -0.25) is 5.32 Å². The van der Waals surface area contributed by atoms with Gasteiger partial charge in [0.05, 0.1) is 12.6 Å². The van der Waals surface area contributed by atoms with E-state index in [1.54, 1.807) is 12.1 Å². The molecule has 0 amide bonds. The number of hydrogen-bond donors (Lipinski definition) is 1. The van der Waals surface area contributed by atoms with Crippen LogP contribution in [-0.4, -0.2) is 10.1 Å². The molecule has 2 aromatic heterocycles. The summed E-state index contributed by atoms with van der Waals surface area (Å²) in [5.41, 5.74) is 0. The van der Waals surface area contributed by atoms with Crippen molar-refractivity contribution >= 4 is 0 Å². The lowest BCUT2D eigenvalue weighted by Gasteiger charge is -2.17. The maximum absolute atomic E-state index is 8.74. The van der Waals surface area contributed by atoms with Gasteiger partial charge < -0.3 is 8.94 Å². The quantitative estimate of drug-likeness (QED) is 0.910. The van der Waals surface area contributed by atoms with Crippen molar-refractivity contribution in [1.29, 1.82) is 5.26 Å². The number of nitrogens with zero attached hydrogens (tertiary/aromatic N) is 3. The molecule has 6 heteroatoms. The molecule has 1 saturated carbocycles. The Morgan fingerprint density at radius 1 is 1.36 bits per heavy atom. The summed E-state index contributed by atoms with van der Waals surface area (Å²) in [6, 6.07) is 5.37. The van der Waals surface area contributed by atoms with Gasteiger partial charge in [-0.1, -0.05) is 24.4 Å².